The lowest BCUT2D eigenvalue weighted by atomic mass is 9.96. The molecule has 1 heterocycles. The Kier molecular flexibility index (Phi) is 4.33. The molecule has 1 aromatic carbocycles. The number of carboxylic acids is 1. The molecule has 108 valence electrons. The van der Waals surface area contributed by atoms with Crippen molar-refractivity contribution in [2.45, 2.75) is 20.4 Å². The van der Waals surface area contributed by atoms with Crippen LogP contribution < -0.4 is 5.32 Å². The first-order chi connectivity index (χ1) is 10.0. The van der Waals surface area contributed by atoms with Gasteiger partial charge in [-0.3, -0.25) is 9.78 Å². The van der Waals surface area contributed by atoms with Crippen molar-refractivity contribution in [3.63, 3.8) is 0 Å². The molecule has 2 N–H and O–H groups in total. The summed E-state index contributed by atoms with van der Waals surface area (Å²) in [4.78, 5) is 27.7. The van der Waals surface area contributed by atoms with Crippen LogP contribution in [0.25, 0.3) is 0 Å². The normalized spacial score (nSPS) is 10.2. The van der Waals surface area contributed by atoms with Crippen LogP contribution in [0.15, 0.2) is 36.7 Å². The predicted octanol–water partition coefficient (Wildman–Crippen LogP) is 2.33. The Morgan fingerprint density at radius 1 is 1.14 bits per heavy atom. The van der Waals surface area contributed by atoms with E-state index in [0.29, 0.717) is 17.7 Å². The first-order valence-electron chi connectivity index (χ1n) is 6.51. The number of carbonyl (C=O) groups is 2. The Morgan fingerprint density at radius 3 is 2.38 bits per heavy atom. The van der Waals surface area contributed by atoms with E-state index in [1.165, 1.54) is 0 Å². The summed E-state index contributed by atoms with van der Waals surface area (Å²) in [6.07, 6.45) is 3.31. The second-order valence-electron chi connectivity index (χ2n) is 4.80. The van der Waals surface area contributed by atoms with Gasteiger partial charge in [0.2, 0.25) is 0 Å². The minimum Gasteiger partial charge on any atom is -0.478 e. The summed E-state index contributed by atoms with van der Waals surface area (Å²) in [5.41, 5.74) is 2.33. The number of nitrogens with zero attached hydrogens (tertiary/aromatic N) is 1. The number of carbonyl (C=O) groups excluding carboxylic acids is 1. The number of pyridine rings is 1. The Balaban J connectivity index is 2.27. The van der Waals surface area contributed by atoms with Crippen LogP contribution in [0.4, 0.5) is 0 Å². The molecule has 0 unspecified atom stereocenters. The summed E-state index contributed by atoms with van der Waals surface area (Å²) in [5, 5.41) is 12.1. The van der Waals surface area contributed by atoms with E-state index < -0.39 is 11.9 Å². The third-order valence-corrected chi connectivity index (χ3v) is 3.24. The largest absolute Gasteiger partial charge is 0.478 e. The zero-order chi connectivity index (χ0) is 15.4. The average molecular weight is 284 g/mol. The molecule has 1 amide bonds. The SMILES string of the molecule is Cc1ccc(C)c(C(=O)NCc2cccnc2)c1C(=O)O. The monoisotopic (exact) mass is 284 g/mol. The molecule has 0 aliphatic carbocycles. The van der Waals surface area contributed by atoms with Crippen molar-refractivity contribution >= 4 is 11.9 Å². The van der Waals surface area contributed by atoms with Crippen LogP contribution in [0, 0.1) is 13.8 Å². The van der Waals surface area contributed by atoms with Crippen molar-refractivity contribution < 1.29 is 14.7 Å². The number of aromatic carboxylic acids is 1. The van der Waals surface area contributed by atoms with Gasteiger partial charge < -0.3 is 10.4 Å². The van der Waals surface area contributed by atoms with Crippen molar-refractivity contribution in [1.29, 1.82) is 0 Å². The van der Waals surface area contributed by atoms with Crippen LogP contribution in [0.1, 0.15) is 37.4 Å². The summed E-state index contributed by atoms with van der Waals surface area (Å²) in [6, 6.07) is 7.08. The van der Waals surface area contributed by atoms with Crippen LogP contribution in [0.2, 0.25) is 0 Å². The Hall–Kier alpha value is -2.69. The molecular formula is C16H16N2O3. The number of nitrogens with one attached hydrogen (secondary N) is 1. The number of hydrogen-bond acceptors (Lipinski definition) is 3. The lowest BCUT2D eigenvalue weighted by Crippen LogP contribution is -2.26. The molecule has 21 heavy (non-hydrogen) atoms. The van der Waals surface area contributed by atoms with Crippen LogP contribution >= 0.6 is 0 Å². The van der Waals surface area contributed by atoms with Crippen LogP contribution in [0.3, 0.4) is 0 Å². The van der Waals surface area contributed by atoms with Gasteiger partial charge in [-0.05, 0) is 36.6 Å². The lowest BCUT2D eigenvalue weighted by Gasteiger charge is -2.12. The number of carboxylic acid groups (broad SMARTS) is 1. The van der Waals surface area contributed by atoms with Gasteiger partial charge in [0, 0.05) is 18.9 Å². The Labute approximate surface area is 122 Å². The van der Waals surface area contributed by atoms with Crippen molar-refractivity contribution in [3.05, 3.63) is 64.5 Å². The maximum atomic E-state index is 12.3. The summed E-state index contributed by atoms with van der Waals surface area (Å²) < 4.78 is 0. The molecule has 0 aliphatic rings. The molecular weight excluding hydrogens is 268 g/mol. The van der Waals surface area contributed by atoms with Gasteiger partial charge in [0.1, 0.15) is 0 Å². The van der Waals surface area contributed by atoms with E-state index >= 15 is 0 Å². The van der Waals surface area contributed by atoms with E-state index in [0.717, 1.165) is 5.56 Å². The van der Waals surface area contributed by atoms with Crippen molar-refractivity contribution in [2.75, 3.05) is 0 Å². The minimum atomic E-state index is -1.09. The van der Waals surface area contributed by atoms with Gasteiger partial charge in [0.05, 0.1) is 11.1 Å². The molecule has 0 bridgehead atoms. The first kappa shape index (κ1) is 14.7. The molecule has 5 heteroatoms. The molecule has 0 atom stereocenters. The third-order valence-electron chi connectivity index (χ3n) is 3.24. The predicted molar refractivity (Wildman–Crippen MR) is 78.3 cm³/mol. The molecule has 2 rings (SSSR count). The highest BCUT2D eigenvalue weighted by atomic mass is 16.4. The molecule has 2 aromatic rings. The van der Waals surface area contributed by atoms with E-state index in [-0.39, 0.29) is 11.1 Å². The van der Waals surface area contributed by atoms with Crippen LogP contribution in [-0.2, 0) is 6.54 Å². The fraction of sp³-hybridized carbons (Fsp3) is 0.188. The fourth-order valence-electron chi connectivity index (χ4n) is 2.15. The molecule has 1 aromatic heterocycles. The van der Waals surface area contributed by atoms with Gasteiger partial charge in [-0.2, -0.15) is 0 Å². The number of benzene rings is 1. The van der Waals surface area contributed by atoms with Gasteiger partial charge in [0.25, 0.3) is 5.91 Å². The van der Waals surface area contributed by atoms with Gasteiger partial charge in [0.15, 0.2) is 0 Å². The standard InChI is InChI=1S/C16H16N2O3/c1-10-5-6-11(2)14(16(20)21)13(10)15(19)18-9-12-4-3-7-17-8-12/h3-8H,9H2,1-2H3,(H,18,19)(H,20,21). The van der Waals surface area contributed by atoms with Gasteiger partial charge in [-0.25, -0.2) is 4.79 Å². The first-order valence-corrected chi connectivity index (χ1v) is 6.51. The van der Waals surface area contributed by atoms with Crippen molar-refractivity contribution in [2.24, 2.45) is 0 Å². The molecule has 5 nitrogen and oxygen atoms in total. The second-order valence-corrected chi connectivity index (χ2v) is 4.80. The Bertz CT molecular complexity index is 681. The summed E-state index contributed by atoms with van der Waals surface area (Å²) in [6.45, 7) is 3.71. The third kappa shape index (κ3) is 3.25. The van der Waals surface area contributed by atoms with E-state index in [9.17, 15) is 14.7 Å². The maximum Gasteiger partial charge on any atom is 0.336 e. The lowest BCUT2D eigenvalue weighted by molar-refractivity contribution is 0.0690. The van der Waals surface area contributed by atoms with Gasteiger partial charge in [-0.15, -0.1) is 0 Å². The summed E-state index contributed by atoms with van der Waals surface area (Å²) in [5.74, 6) is -1.49. The van der Waals surface area contributed by atoms with Gasteiger partial charge in [-0.1, -0.05) is 18.2 Å². The zero-order valence-electron chi connectivity index (χ0n) is 11.9. The second kappa shape index (κ2) is 6.17. The van der Waals surface area contributed by atoms with E-state index in [1.54, 1.807) is 44.4 Å². The van der Waals surface area contributed by atoms with Crippen molar-refractivity contribution in [3.8, 4) is 0 Å². The summed E-state index contributed by atoms with van der Waals surface area (Å²) in [7, 11) is 0. The quantitative estimate of drug-likeness (QED) is 0.903. The summed E-state index contributed by atoms with van der Waals surface area (Å²) >= 11 is 0. The highest BCUT2D eigenvalue weighted by Crippen LogP contribution is 2.19. The molecule has 0 radical (unpaired) electrons. The topological polar surface area (TPSA) is 79.3 Å². The number of aromatic nitrogens is 1. The number of amides is 1. The van der Waals surface area contributed by atoms with Crippen LogP contribution in [0.5, 0.6) is 0 Å². The molecule has 0 saturated heterocycles. The average Bonchev–Trinajstić information content (AvgIpc) is 2.47. The van der Waals surface area contributed by atoms with E-state index in [1.807, 2.05) is 6.07 Å². The highest BCUT2D eigenvalue weighted by Gasteiger charge is 2.20. The fourth-order valence-corrected chi connectivity index (χ4v) is 2.15. The smallest absolute Gasteiger partial charge is 0.336 e. The zero-order valence-corrected chi connectivity index (χ0v) is 11.9. The molecule has 0 saturated carbocycles. The molecule has 0 fully saturated rings. The molecule has 0 aliphatic heterocycles. The highest BCUT2D eigenvalue weighted by molar-refractivity contribution is 6.06. The van der Waals surface area contributed by atoms with Crippen LogP contribution in [-0.4, -0.2) is 22.0 Å². The van der Waals surface area contributed by atoms with Crippen molar-refractivity contribution in [1.82, 2.24) is 10.3 Å². The van der Waals surface area contributed by atoms with E-state index in [4.69, 9.17) is 0 Å². The Morgan fingerprint density at radius 2 is 1.81 bits per heavy atom. The maximum absolute atomic E-state index is 12.3. The van der Waals surface area contributed by atoms with E-state index in [2.05, 4.69) is 10.3 Å². The molecule has 0 spiro atoms. The van der Waals surface area contributed by atoms with Gasteiger partial charge >= 0.3 is 5.97 Å². The number of aryl methyl sites for hydroxylation is 2. The number of hydrogen-bond donors (Lipinski definition) is 2. The minimum absolute atomic E-state index is 0.0543. The number of rotatable bonds is 4.